The Bertz CT molecular complexity index is 1280. The number of amides is 1. The lowest BCUT2D eigenvalue weighted by atomic mass is 9.79. The van der Waals surface area contributed by atoms with Gasteiger partial charge >= 0.3 is 5.97 Å². The summed E-state index contributed by atoms with van der Waals surface area (Å²) >= 11 is 13.9. The third-order valence-electron chi connectivity index (χ3n) is 6.35. The fraction of sp³-hybridized carbons (Fsp3) is 0.393. The van der Waals surface area contributed by atoms with Crippen molar-refractivity contribution in [2.75, 3.05) is 25.0 Å². The van der Waals surface area contributed by atoms with Gasteiger partial charge in [-0.2, -0.15) is 0 Å². The summed E-state index contributed by atoms with van der Waals surface area (Å²) in [5.74, 6) is -0.731. The first-order chi connectivity index (χ1) is 18.1. The molecule has 0 aliphatic carbocycles. The number of halogens is 2. The van der Waals surface area contributed by atoms with Crippen LogP contribution in [0.4, 0.5) is 5.13 Å². The first-order valence-corrected chi connectivity index (χ1v) is 14.2. The summed E-state index contributed by atoms with van der Waals surface area (Å²) in [7, 11) is 0. The molecule has 3 rings (SSSR count). The SMILES string of the molecule is CCC(CNc1nc(-c2ccc(Cl)c(Cl)c2)c(CC(C)C)s1)(Cc1cccc(C(=O)NCCN)c1)C(=O)O. The molecule has 0 bridgehead atoms. The highest BCUT2D eigenvalue weighted by Gasteiger charge is 2.37. The second-order valence-electron chi connectivity index (χ2n) is 9.73. The molecule has 1 aromatic heterocycles. The highest BCUT2D eigenvalue weighted by Crippen LogP contribution is 2.37. The zero-order valence-electron chi connectivity index (χ0n) is 21.8. The highest BCUT2D eigenvalue weighted by molar-refractivity contribution is 7.16. The van der Waals surface area contributed by atoms with E-state index in [4.69, 9.17) is 33.9 Å². The third-order valence-corrected chi connectivity index (χ3v) is 8.13. The second kappa shape index (κ2) is 13.4. The monoisotopic (exact) mass is 576 g/mol. The van der Waals surface area contributed by atoms with Crippen LogP contribution in [0.2, 0.25) is 10.0 Å². The quantitative estimate of drug-likeness (QED) is 0.194. The summed E-state index contributed by atoms with van der Waals surface area (Å²) in [4.78, 5) is 30.9. The topological polar surface area (TPSA) is 117 Å². The van der Waals surface area contributed by atoms with Crippen LogP contribution in [0.25, 0.3) is 11.3 Å². The van der Waals surface area contributed by atoms with Crippen LogP contribution in [-0.4, -0.2) is 41.6 Å². The zero-order chi connectivity index (χ0) is 27.9. The summed E-state index contributed by atoms with van der Waals surface area (Å²) in [5, 5.41) is 17.9. The maximum atomic E-state index is 12.6. The summed E-state index contributed by atoms with van der Waals surface area (Å²) in [6.45, 7) is 7.04. The van der Waals surface area contributed by atoms with Crippen LogP contribution < -0.4 is 16.4 Å². The van der Waals surface area contributed by atoms with Crippen molar-refractivity contribution in [3.8, 4) is 11.3 Å². The number of hydrogen-bond donors (Lipinski definition) is 4. The first-order valence-electron chi connectivity index (χ1n) is 12.6. The number of carbonyl (C=O) groups excluding carboxylic acids is 1. The number of carbonyl (C=O) groups is 2. The van der Waals surface area contributed by atoms with Gasteiger partial charge in [0.05, 0.1) is 21.2 Å². The molecule has 0 spiro atoms. The number of nitrogens with zero attached hydrogens (tertiary/aromatic N) is 1. The Labute approximate surface area is 237 Å². The predicted molar refractivity (Wildman–Crippen MR) is 156 cm³/mol. The molecule has 38 heavy (non-hydrogen) atoms. The average molecular weight is 578 g/mol. The molecular formula is C28H34Cl2N4O3S. The Morgan fingerprint density at radius 2 is 1.92 bits per heavy atom. The molecule has 0 radical (unpaired) electrons. The lowest BCUT2D eigenvalue weighted by Gasteiger charge is -2.28. The van der Waals surface area contributed by atoms with E-state index >= 15 is 0 Å². The minimum atomic E-state index is -1.10. The predicted octanol–water partition coefficient (Wildman–Crippen LogP) is 6.14. The molecule has 1 atom stereocenters. The van der Waals surface area contributed by atoms with Crippen LogP contribution in [0.1, 0.15) is 48.0 Å². The first kappa shape index (κ1) is 29.9. The number of aliphatic carboxylic acids is 1. The molecular weight excluding hydrogens is 543 g/mol. The minimum absolute atomic E-state index is 0.178. The van der Waals surface area contributed by atoms with Crippen LogP contribution in [0.15, 0.2) is 42.5 Å². The normalized spacial score (nSPS) is 12.8. The van der Waals surface area contributed by atoms with Crippen LogP contribution >= 0.6 is 34.5 Å². The molecule has 0 aliphatic heterocycles. The van der Waals surface area contributed by atoms with Crippen molar-refractivity contribution < 1.29 is 14.7 Å². The van der Waals surface area contributed by atoms with Crippen LogP contribution in [-0.2, 0) is 17.6 Å². The molecule has 1 unspecified atom stereocenters. The number of anilines is 1. The zero-order valence-corrected chi connectivity index (χ0v) is 24.1. The molecule has 10 heteroatoms. The molecule has 1 amide bonds. The van der Waals surface area contributed by atoms with E-state index in [1.807, 2.05) is 19.1 Å². The molecule has 0 saturated carbocycles. The van der Waals surface area contributed by atoms with E-state index < -0.39 is 11.4 Å². The van der Waals surface area contributed by atoms with Crippen molar-refractivity contribution >= 4 is 51.5 Å². The molecule has 1 heterocycles. The molecule has 2 aromatic carbocycles. The number of thiazole rings is 1. The fourth-order valence-corrected chi connectivity index (χ4v) is 5.66. The van der Waals surface area contributed by atoms with Gasteiger partial charge < -0.3 is 21.5 Å². The second-order valence-corrected chi connectivity index (χ2v) is 11.6. The van der Waals surface area contributed by atoms with Crippen LogP contribution in [0.3, 0.4) is 0 Å². The third kappa shape index (κ3) is 7.47. The van der Waals surface area contributed by atoms with E-state index in [1.165, 1.54) is 11.3 Å². The molecule has 0 fully saturated rings. The molecule has 5 N–H and O–H groups in total. The van der Waals surface area contributed by atoms with Crippen molar-refractivity contribution in [1.82, 2.24) is 10.3 Å². The van der Waals surface area contributed by atoms with Gasteiger partial charge in [-0.15, -0.1) is 11.3 Å². The number of benzene rings is 2. The van der Waals surface area contributed by atoms with E-state index in [2.05, 4.69) is 24.5 Å². The lowest BCUT2D eigenvalue weighted by molar-refractivity contribution is -0.148. The van der Waals surface area contributed by atoms with Crippen LogP contribution in [0.5, 0.6) is 0 Å². The van der Waals surface area contributed by atoms with Crippen molar-refractivity contribution in [3.63, 3.8) is 0 Å². The largest absolute Gasteiger partial charge is 0.481 e. The molecule has 3 aromatic rings. The lowest BCUT2D eigenvalue weighted by Crippen LogP contribution is -2.39. The van der Waals surface area contributed by atoms with E-state index in [1.54, 1.807) is 30.3 Å². The van der Waals surface area contributed by atoms with E-state index in [-0.39, 0.29) is 18.9 Å². The van der Waals surface area contributed by atoms with Gasteiger partial charge in [-0.05, 0) is 55.0 Å². The smallest absolute Gasteiger partial charge is 0.311 e. The number of nitrogens with two attached hydrogens (primary N) is 1. The van der Waals surface area contributed by atoms with Gasteiger partial charge in [-0.3, -0.25) is 9.59 Å². The maximum Gasteiger partial charge on any atom is 0.311 e. The summed E-state index contributed by atoms with van der Waals surface area (Å²) in [6, 6.07) is 12.5. The maximum absolute atomic E-state index is 12.6. The molecule has 0 aliphatic rings. The standard InChI is InChI=1S/C28H34Cl2N4O3S/c1-4-28(26(36)37,15-18-6-5-7-20(13-18)25(35)32-11-10-31)16-33-27-34-24(23(38-27)12-17(2)3)19-8-9-21(29)22(30)14-19/h5-9,13-14,17H,4,10-12,15-16,31H2,1-3H3,(H,32,35)(H,33,34)(H,36,37). The Morgan fingerprint density at radius 1 is 1.16 bits per heavy atom. The Hall–Kier alpha value is -2.65. The number of rotatable bonds is 13. The summed E-state index contributed by atoms with van der Waals surface area (Å²) in [6.07, 6.45) is 1.47. The molecule has 204 valence electrons. The summed E-state index contributed by atoms with van der Waals surface area (Å²) < 4.78 is 0. The molecule has 7 nitrogen and oxygen atoms in total. The Kier molecular flexibility index (Phi) is 10.6. The van der Waals surface area contributed by atoms with E-state index in [0.717, 1.165) is 28.1 Å². The van der Waals surface area contributed by atoms with Gasteiger partial charge in [-0.1, -0.05) is 62.2 Å². The minimum Gasteiger partial charge on any atom is -0.481 e. The van der Waals surface area contributed by atoms with Crippen molar-refractivity contribution in [2.24, 2.45) is 17.1 Å². The number of carboxylic acid groups (broad SMARTS) is 1. The van der Waals surface area contributed by atoms with Gasteiger partial charge in [-0.25, -0.2) is 4.98 Å². The molecule has 0 saturated heterocycles. The van der Waals surface area contributed by atoms with Gasteiger partial charge in [0, 0.05) is 35.6 Å². The van der Waals surface area contributed by atoms with Crippen molar-refractivity contribution in [2.45, 2.75) is 40.0 Å². The Balaban J connectivity index is 1.86. The van der Waals surface area contributed by atoms with Crippen LogP contribution in [0, 0.1) is 11.3 Å². The number of hydrogen-bond acceptors (Lipinski definition) is 6. The van der Waals surface area contributed by atoms with Crippen molar-refractivity contribution in [1.29, 1.82) is 0 Å². The number of carboxylic acids is 1. The van der Waals surface area contributed by atoms with E-state index in [0.29, 0.717) is 46.2 Å². The van der Waals surface area contributed by atoms with Gasteiger partial charge in [0.25, 0.3) is 5.91 Å². The van der Waals surface area contributed by atoms with E-state index in [9.17, 15) is 14.7 Å². The van der Waals surface area contributed by atoms with Gasteiger partial charge in [0.1, 0.15) is 0 Å². The van der Waals surface area contributed by atoms with Gasteiger partial charge in [0.15, 0.2) is 5.13 Å². The van der Waals surface area contributed by atoms with Gasteiger partial charge in [0.2, 0.25) is 0 Å². The Morgan fingerprint density at radius 3 is 2.55 bits per heavy atom. The fourth-order valence-electron chi connectivity index (χ4n) is 4.17. The average Bonchev–Trinajstić information content (AvgIpc) is 3.28. The number of nitrogens with one attached hydrogen (secondary N) is 2. The highest BCUT2D eigenvalue weighted by atomic mass is 35.5. The summed E-state index contributed by atoms with van der Waals surface area (Å²) in [5.41, 5.74) is 7.31. The van der Waals surface area contributed by atoms with Crippen molar-refractivity contribution in [3.05, 3.63) is 68.5 Å². The number of aromatic nitrogens is 1.